The Labute approximate surface area is 246 Å². The molecule has 0 radical (unpaired) electrons. The van der Waals surface area contributed by atoms with Crippen molar-refractivity contribution in [3.05, 3.63) is 59.4 Å². The highest BCUT2D eigenvalue weighted by atomic mass is 32.1. The van der Waals surface area contributed by atoms with E-state index >= 15 is 0 Å². The average Bonchev–Trinajstić information content (AvgIpc) is 3.06. The van der Waals surface area contributed by atoms with Crippen LogP contribution in [0.3, 0.4) is 0 Å². The van der Waals surface area contributed by atoms with E-state index < -0.39 is 34.8 Å². The number of amides is 1. The van der Waals surface area contributed by atoms with Gasteiger partial charge in [0.15, 0.2) is 10.8 Å². The molecule has 0 bridgehead atoms. The smallest absolute Gasteiger partial charge is 0.407 e. The van der Waals surface area contributed by atoms with Gasteiger partial charge in [0.2, 0.25) is 0 Å². The Bertz CT molecular complexity index is 1440. The van der Waals surface area contributed by atoms with E-state index in [-0.39, 0.29) is 17.4 Å². The Morgan fingerprint density at radius 1 is 1.07 bits per heavy atom. The largest absolute Gasteiger partial charge is 0.493 e. The second-order valence-electron chi connectivity index (χ2n) is 11.9. The standard InChI is InChI=1S/C30H30F3N3O5S/c1-28(2)26(39)35(21-6-9-24(34-3)23(10-21)30(31,32)33)27(42)36(28)20-4-7-22(8-5-20)41-16-19-13-29(14-19)11-18(12-29)15-40-17-25(37)38/h4-10,18-19H,11-17H2,1-2H3,(H,37,38). The summed E-state index contributed by atoms with van der Waals surface area (Å²) in [7, 11) is 0. The van der Waals surface area contributed by atoms with Crippen LogP contribution in [-0.4, -0.2) is 47.5 Å². The van der Waals surface area contributed by atoms with Crippen LogP contribution in [0.2, 0.25) is 0 Å². The highest BCUT2D eigenvalue weighted by Crippen LogP contribution is 2.61. The van der Waals surface area contributed by atoms with Crippen molar-refractivity contribution in [2.45, 2.75) is 51.2 Å². The van der Waals surface area contributed by atoms with Crippen LogP contribution in [0.15, 0.2) is 42.5 Å². The summed E-state index contributed by atoms with van der Waals surface area (Å²) in [5.41, 5.74) is -1.97. The molecule has 2 saturated carbocycles. The molecule has 0 atom stereocenters. The molecule has 0 aromatic heterocycles. The fraction of sp³-hybridized carbons (Fsp3) is 0.467. The number of anilines is 2. The van der Waals surface area contributed by atoms with Crippen molar-refractivity contribution >= 4 is 46.3 Å². The quantitative estimate of drug-likeness (QED) is 0.261. The molecular weight excluding hydrogens is 571 g/mol. The number of carboxylic acid groups (broad SMARTS) is 1. The highest BCUT2D eigenvalue weighted by Gasteiger charge is 2.53. The molecule has 2 aromatic carbocycles. The van der Waals surface area contributed by atoms with Crippen molar-refractivity contribution in [3.63, 3.8) is 0 Å². The molecule has 1 spiro atoms. The topological polar surface area (TPSA) is 83.7 Å². The van der Waals surface area contributed by atoms with E-state index in [1.165, 1.54) is 6.07 Å². The average molecular weight is 602 g/mol. The minimum Gasteiger partial charge on any atom is -0.493 e. The van der Waals surface area contributed by atoms with Gasteiger partial charge in [-0.1, -0.05) is 6.07 Å². The van der Waals surface area contributed by atoms with Gasteiger partial charge in [0.1, 0.15) is 17.9 Å². The van der Waals surface area contributed by atoms with Gasteiger partial charge in [-0.05, 0) is 105 Å². The van der Waals surface area contributed by atoms with E-state index in [1.807, 2.05) is 0 Å². The molecule has 42 heavy (non-hydrogen) atoms. The Balaban J connectivity index is 1.19. The predicted octanol–water partition coefficient (Wildman–Crippen LogP) is 6.46. The maximum absolute atomic E-state index is 13.6. The number of carbonyl (C=O) groups is 2. The van der Waals surface area contributed by atoms with Crippen LogP contribution in [0.5, 0.6) is 5.75 Å². The predicted molar refractivity (Wildman–Crippen MR) is 153 cm³/mol. The second-order valence-corrected chi connectivity index (χ2v) is 12.3. The summed E-state index contributed by atoms with van der Waals surface area (Å²) in [6.45, 7) is 11.2. The summed E-state index contributed by atoms with van der Waals surface area (Å²) in [4.78, 5) is 29.6. The van der Waals surface area contributed by atoms with Gasteiger partial charge >= 0.3 is 12.1 Å². The molecule has 8 nitrogen and oxygen atoms in total. The van der Waals surface area contributed by atoms with Crippen molar-refractivity contribution in [2.75, 3.05) is 29.6 Å². The molecule has 3 aliphatic rings. The molecule has 12 heteroatoms. The lowest BCUT2D eigenvalue weighted by Crippen LogP contribution is -2.50. The molecule has 2 aliphatic carbocycles. The van der Waals surface area contributed by atoms with Crippen LogP contribution in [0, 0.1) is 23.8 Å². The Kier molecular flexibility index (Phi) is 7.70. The molecule has 1 N–H and O–H groups in total. The fourth-order valence-electron chi connectivity index (χ4n) is 6.56. The highest BCUT2D eigenvalue weighted by molar-refractivity contribution is 7.81. The fourth-order valence-corrected chi connectivity index (χ4v) is 7.08. The number of carbonyl (C=O) groups excluding carboxylic acids is 1. The van der Waals surface area contributed by atoms with Gasteiger partial charge in [-0.25, -0.2) is 9.64 Å². The molecule has 2 aromatic rings. The van der Waals surface area contributed by atoms with Crippen LogP contribution in [0.25, 0.3) is 4.85 Å². The minimum atomic E-state index is -4.76. The third kappa shape index (κ3) is 5.55. The Morgan fingerprint density at radius 3 is 2.24 bits per heavy atom. The summed E-state index contributed by atoms with van der Waals surface area (Å²) >= 11 is 5.60. The van der Waals surface area contributed by atoms with Gasteiger partial charge in [-0.3, -0.25) is 9.69 Å². The lowest BCUT2D eigenvalue weighted by Gasteiger charge is -2.57. The lowest BCUT2D eigenvalue weighted by molar-refractivity contribution is -0.146. The van der Waals surface area contributed by atoms with Gasteiger partial charge in [0, 0.05) is 11.4 Å². The third-order valence-electron chi connectivity index (χ3n) is 8.38. The van der Waals surface area contributed by atoms with Crippen LogP contribution in [0.4, 0.5) is 30.2 Å². The van der Waals surface area contributed by atoms with Crippen molar-refractivity contribution in [3.8, 4) is 5.75 Å². The van der Waals surface area contributed by atoms with E-state index in [1.54, 1.807) is 43.0 Å². The first-order valence-corrected chi connectivity index (χ1v) is 13.9. The zero-order valence-corrected chi connectivity index (χ0v) is 23.9. The van der Waals surface area contributed by atoms with Gasteiger partial charge in [-0.15, -0.1) is 0 Å². The number of halogens is 3. The number of hydrogen-bond acceptors (Lipinski definition) is 5. The molecule has 0 unspecified atom stereocenters. The first-order chi connectivity index (χ1) is 19.7. The summed E-state index contributed by atoms with van der Waals surface area (Å²) < 4.78 is 52.0. The molecule has 5 rings (SSSR count). The second kappa shape index (κ2) is 10.9. The van der Waals surface area contributed by atoms with Crippen LogP contribution in [-0.2, 0) is 20.5 Å². The van der Waals surface area contributed by atoms with Gasteiger partial charge in [0.05, 0.1) is 25.3 Å². The van der Waals surface area contributed by atoms with E-state index in [4.69, 9.17) is 33.4 Å². The maximum Gasteiger partial charge on any atom is 0.407 e. The number of alkyl halides is 3. The monoisotopic (exact) mass is 601 g/mol. The number of aliphatic carboxylic acids is 1. The van der Waals surface area contributed by atoms with E-state index in [0.29, 0.717) is 41.9 Å². The number of rotatable bonds is 9. The Morgan fingerprint density at radius 2 is 1.67 bits per heavy atom. The SMILES string of the molecule is [C-]#[N+]c1ccc(N2C(=O)C(C)(C)N(c3ccc(OCC4CC5(CC(COCC(=O)O)C5)C4)cc3)C2=S)cc1C(F)(F)F. The van der Waals surface area contributed by atoms with E-state index in [2.05, 4.69) is 4.85 Å². The van der Waals surface area contributed by atoms with Gasteiger partial charge in [0.25, 0.3) is 5.91 Å². The molecular formula is C30H30F3N3O5S. The van der Waals surface area contributed by atoms with Crippen molar-refractivity contribution in [1.82, 2.24) is 0 Å². The zero-order chi connectivity index (χ0) is 30.4. The number of ether oxygens (including phenoxy) is 2. The summed E-state index contributed by atoms with van der Waals surface area (Å²) in [5, 5.41) is 8.71. The minimum absolute atomic E-state index is 0.0364. The maximum atomic E-state index is 13.6. The third-order valence-corrected chi connectivity index (χ3v) is 8.74. The van der Waals surface area contributed by atoms with Crippen molar-refractivity contribution < 1.29 is 37.3 Å². The van der Waals surface area contributed by atoms with Crippen molar-refractivity contribution in [2.24, 2.45) is 17.3 Å². The van der Waals surface area contributed by atoms with Gasteiger partial charge < -0.3 is 19.5 Å². The molecule has 222 valence electrons. The molecule has 1 aliphatic heterocycles. The Hall–Kier alpha value is -3.69. The van der Waals surface area contributed by atoms with Crippen molar-refractivity contribution in [1.29, 1.82) is 0 Å². The number of carboxylic acids is 1. The van der Waals surface area contributed by atoms with Crippen LogP contribution < -0.4 is 14.5 Å². The summed E-state index contributed by atoms with van der Waals surface area (Å²) in [5.74, 6) is 0.0862. The number of benzene rings is 2. The first-order valence-electron chi connectivity index (χ1n) is 13.5. The molecule has 1 saturated heterocycles. The zero-order valence-electron chi connectivity index (χ0n) is 23.1. The van der Waals surface area contributed by atoms with Crippen LogP contribution in [0.1, 0.15) is 45.1 Å². The first kappa shape index (κ1) is 29.8. The summed E-state index contributed by atoms with van der Waals surface area (Å²) in [6.07, 6.45) is -0.506. The lowest BCUT2D eigenvalue weighted by atomic mass is 9.48. The number of thiocarbonyl (C=S) groups is 1. The molecule has 3 fully saturated rings. The molecule has 1 heterocycles. The number of nitrogens with zero attached hydrogens (tertiary/aromatic N) is 3. The molecule has 1 amide bonds. The normalized spacial score (nSPS) is 24.8. The van der Waals surface area contributed by atoms with Crippen LogP contribution >= 0.6 is 12.2 Å². The number of hydrogen-bond donors (Lipinski definition) is 1. The van der Waals surface area contributed by atoms with E-state index in [0.717, 1.165) is 42.7 Å². The van der Waals surface area contributed by atoms with E-state index in [9.17, 15) is 22.8 Å². The summed E-state index contributed by atoms with van der Waals surface area (Å²) in [6, 6.07) is 10.2. The van der Waals surface area contributed by atoms with Gasteiger partial charge in [-0.2, -0.15) is 13.2 Å².